The summed E-state index contributed by atoms with van der Waals surface area (Å²) in [6.07, 6.45) is 0. The van der Waals surface area contributed by atoms with Gasteiger partial charge in [0.15, 0.2) is 0 Å². The third kappa shape index (κ3) is 3.40. The minimum absolute atomic E-state index is 0.0565. The van der Waals surface area contributed by atoms with Crippen molar-refractivity contribution in [3.05, 3.63) is 34.9 Å². The lowest BCUT2D eigenvalue weighted by Crippen LogP contribution is -2.40. The zero-order valence-electron chi connectivity index (χ0n) is 13.4. The van der Waals surface area contributed by atoms with Crippen LogP contribution in [0.15, 0.2) is 18.2 Å². The molecule has 0 aliphatic rings. The van der Waals surface area contributed by atoms with Crippen LogP contribution in [0.4, 0.5) is 0 Å². The van der Waals surface area contributed by atoms with Crippen LogP contribution in [0.5, 0.6) is 0 Å². The van der Waals surface area contributed by atoms with Gasteiger partial charge in [0.05, 0.1) is 12.2 Å². The van der Waals surface area contributed by atoms with E-state index in [1.807, 2.05) is 59.7 Å². The molecule has 1 aromatic rings. The monoisotopic (exact) mass is 278 g/mol. The molecule has 0 heterocycles. The molecule has 0 amide bonds. The van der Waals surface area contributed by atoms with E-state index in [9.17, 15) is 9.90 Å². The Hall–Kier alpha value is -1.35. The van der Waals surface area contributed by atoms with Crippen molar-refractivity contribution in [2.75, 3.05) is 13.2 Å². The first-order valence-corrected chi connectivity index (χ1v) is 6.96. The van der Waals surface area contributed by atoms with Crippen LogP contribution in [0, 0.1) is 24.7 Å². The van der Waals surface area contributed by atoms with E-state index in [0.717, 1.165) is 11.1 Å². The number of aliphatic hydroxyl groups is 1. The van der Waals surface area contributed by atoms with Gasteiger partial charge in [0.1, 0.15) is 0 Å². The van der Waals surface area contributed by atoms with Gasteiger partial charge in [-0.15, -0.1) is 0 Å². The maximum absolute atomic E-state index is 12.3. The van der Waals surface area contributed by atoms with Crippen LogP contribution in [0.25, 0.3) is 0 Å². The molecule has 112 valence electrons. The van der Waals surface area contributed by atoms with Gasteiger partial charge in [-0.25, -0.2) is 4.79 Å². The molecule has 1 rings (SSSR count). The Balaban J connectivity index is 2.83. The lowest BCUT2D eigenvalue weighted by atomic mass is 9.69. The second kappa shape index (κ2) is 5.96. The second-order valence-electron chi connectivity index (χ2n) is 6.77. The predicted molar refractivity (Wildman–Crippen MR) is 80.8 cm³/mol. The molecule has 0 fully saturated rings. The van der Waals surface area contributed by atoms with Crippen molar-refractivity contribution in [2.45, 2.75) is 41.5 Å². The van der Waals surface area contributed by atoms with Crippen molar-refractivity contribution in [2.24, 2.45) is 10.8 Å². The van der Waals surface area contributed by atoms with Crippen molar-refractivity contribution in [1.29, 1.82) is 0 Å². The Bertz CT molecular complexity index is 467. The van der Waals surface area contributed by atoms with E-state index in [2.05, 4.69) is 0 Å². The van der Waals surface area contributed by atoms with Crippen molar-refractivity contribution in [3.8, 4) is 0 Å². The molecule has 0 aliphatic heterocycles. The highest BCUT2D eigenvalue weighted by Gasteiger charge is 2.37. The molecule has 0 aromatic heterocycles. The maximum Gasteiger partial charge on any atom is 0.338 e. The molecule has 20 heavy (non-hydrogen) atoms. The summed E-state index contributed by atoms with van der Waals surface area (Å²) in [6, 6.07) is 5.75. The molecule has 1 N–H and O–H groups in total. The van der Waals surface area contributed by atoms with Crippen LogP contribution in [-0.4, -0.2) is 24.3 Å². The smallest absolute Gasteiger partial charge is 0.338 e. The summed E-state index contributed by atoms with van der Waals surface area (Å²) in [7, 11) is 0. The summed E-state index contributed by atoms with van der Waals surface area (Å²) >= 11 is 0. The van der Waals surface area contributed by atoms with Crippen LogP contribution in [0.3, 0.4) is 0 Å². The molecular formula is C17H26O3. The van der Waals surface area contributed by atoms with Gasteiger partial charge < -0.3 is 9.84 Å². The fourth-order valence-electron chi connectivity index (χ4n) is 1.86. The summed E-state index contributed by atoms with van der Waals surface area (Å²) in [5.74, 6) is -0.289. The minimum Gasteiger partial charge on any atom is -0.461 e. The quantitative estimate of drug-likeness (QED) is 0.838. The van der Waals surface area contributed by atoms with Gasteiger partial charge in [0.2, 0.25) is 0 Å². The highest BCUT2D eigenvalue weighted by atomic mass is 16.5. The fraction of sp³-hybridized carbons (Fsp3) is 0.588. The molecule has 0 radical (unpaired) electrons. The molecule has 0 aliphatic carbocycles. The number of aryl methyl sites for hydroxylation is 2. The van der Waals surface area contributed by atoms with E-state index in [1.165, 1.54) is 0 Å². The standard InChI is InChI=1S/C17H26O3/c1-12-8-7-9-13(2)14(12)15(19)20-11-17(5,6)16(3,4)10-18/h7-9,18H,10-11H2,1-6H3. The van der Waals surface area contributed by atoms with Gasteiger partial charge in [0, 0.05) is 12.0 Å². The molecule has 0 saturated carbocycles. The molecule has 3 nitrogen and oxygen atoms in total. The first kappa shape index (κ1) is 16.7. The van der Waals surface area contributed by atoms with Gasteiger partial charge in [-0.2, -0.15) is 0 Å². The number of carbonyl (C=O) groups excluding carboxylic acids is 1. The number of aliphatic hydroxyl groups excluding tert-OH is 1. The van der Waals surface area contributed by atoms with E-state index in [-0.39, 0.29) is 30.0 Å². The van der Waals surface area contributed by atoms with Crippen LogP contribution in [0.1, 0.15) is 49.2 Å². The summed E-state index contributed by atoms with van der Waals surface area (Å²) in [6.45, 7) is 12.1. The van der Waals surface area contributed by atoms with Crippen LogP contribution in [0.2, 0.25) is 0 Å². The van der Waals surface area contributed by atoms with Crippen LogP contribution >= 0.6 is 0 Å². The Morgan fingerprint density at radius 3 is 2.05 bits per heavy atom. The zero-order valence-corrected chi connectivity index (χ0v) is 13.4. The fourth-order valence-corrected chi connectivity index (χ4v) is 1.86. The van der Waals surface area contributed by atoms with Gasteiger partial charge in [-0.05, 0) is 30.4 Å². The van der Waals surface area contributed by atoms with Gasteiger partial charge in [-0.1, -0.05) is 45.9 Å². The summed E-state index contributed by atoms with van der Waals surface area (Å²) in [5, 5.41) is 9.46. The van der Waals surface area contributed by atoms with Gasteiger partial charge in [0.25, 0.3) is 0 Å². The van der Waals surface area contributed by atoms with Gasteiger partial charge >= 0.3 is 5.97 Å². The molecule has 0 saturated heterocycles. The number of hydrogen-bond donors (Lipinski definition) is 1. The number of hydrogen-bond acceptors (Lipinski definition) is 3. The number of esters is 1. The normalized spacial score (nSPS) is 12.3. The SMILES string of the molecule is Cc1cccc(C)c1C(=O)OCC(C)(C)C(C)(C)CO. The molecule has 1 aromatic carbocycles. The zero-order chi connectivity index (χ0) is 15.6. The summed E-state index contributed by atoms with van der Waals surface area (Å²) in [4.78, 5) is 12.3. The molecule has 0 bridgehead atoms. The first-order chi connectivity index (χ1) is 9.12. The maximum atomic E-state index is 12.3. The van der Waals surface area contributed by atoms with E-state index < -0.39 is 0 Å². The topological polar surface area (TPSA) is 46.5 Å². The third-order valence-electron chi connectivity index (χ3n) is 4.48. The highest BCUT2D eigenvalue weighted by molar-refractivity contribution is 5.92. The predicted octanol–water partition coefficient (Wildman–Crippen LogP) is 3.50. The Labute approximate surface area is 122 Å². The third-order valence-corrected chi connectivity index (χ3v) is 4.48. The van der Waals surface area contributed by atoms with E-state index in [0.29, 0.717) is 5.56 Å². The lowest BCUT2D eigenvalue weighted by molar-refractivity contribution is -0.0235. The number of benzene rings is 1. The molecular weight excluding hydrogens is 252 g/mol. The first-order valence-electron chi connectivity index (χ1n) is 6.96. The van der Waals surface area contributed by atoms with Crippen LogP contribution in [-0.2, 0) is 4.74 Å². The Morgan fingerprint density at radius 2 is 1.60 bits per heavy atom. The van der Waals surface area contributed by atoms with Crippen molar-refractivity contribution >= 4 is 5.97 Å². The van der Waals surface area contributed by atoms with E-state index >= 15 is 0 Å². The molecule has 0 spiro atoms. The second-order valence-corrected chi connectivity index (χ2v) is 6.77. The Morgan fingerprint density at radius 1 is 1.10 bits per heavy atom. The van der Waals surface area contributed by atoms with E-state index in [4.69, 9.17) is 4.74 Å². The minimum atomic E-state index is -0.311. The average Bonchev–Trinajstić information content (AvgIpc) is 2.36. The Kier molecular flexibility index (Phi) is 4.98. The van der Waals surface area contributed by atoms with Gasteiger partial charge in [-0.3, -0.25) is 0 Å². The van der Waals surface area contributed by atoms with E-state index in [1.54, 1.807) is 0 Å². The van der Waals surface area contributed by atoms with Crippen molar-refractivity contribution in [3.63, 3.8) is 0 Å². The van der Waals surface area contributed by atoms with Crippen molar-refractivity contribution < 1.29 is 14.6 Å². The lowest BCUT2D eigenvalue weighted by Gasteiger charge is -2.39. The number of rotatable bonds is 5. The summed E-state index contributed by atoms with van der Waals surface area (Å²) < 4.78 is 5.49. The summed E-state index contributed by atoms with van der Waals surface area (Å²) in [5.41, 5.74) is 1.88. The highest BCUT2D eigenvalue weighted by Crippen LogP contribution is 2.38. The average molecular weight is 278 g/mol. The molecule has 0 unspecified atom stereocenters. The largest absolute Gasteiger partial charge is 0.461 e. The van der Waals surface area contributed by atoms with Crippen LogP contribution < -0.4 is 0 Å². The van der Waals surface area contributed by atoms with Crippen molar-refractivity contribution in [1.82, 2.24) is 0 Å². The number of ether oxygens (including phenoxy) is 1. The molecule has 0 atom stereocenters. The molecule has 3 heteroatoms. The number of carbonyl (C=O) groups is 1.